The lowest BCUT2D eigenvalue weighted by Gasteiger charge is -2.14. The van der Waals surface area contributed by atoms with Crippen molar-refractivity contribution in [2.45, 2.75) is 13.5 Å². The van der Waals surface area contributed by atoms with Crippen LogP contribution in [-0.4, -0.2) is 28.1 Å². The smallest absolute Gasteiger partial charge is 0.274 e. The number of aromatic nitrogens is 1. The van der Waals surface area contributed by atoms with Crippen molar-refractivity contribution in [1.29, 1.82) is 0 Å². The van der Waals surface area contributed by atoms with Crippen LogP contribution in [0.3, 0.4) is 0 Å². The second kappa shape index (κ2) is 4.21. The van der Waals surface area contributed by atoms with Gasteiger partial charge in [0.15, 0.2) is 11.6 Å². The Bertz CT molecular complexity index is 426. The van der Waals surface area contributed by atoms with Crippen LogP contribution in [0.1, 0.15) is 11.5 Å². The summed E-state index contributed by atoms with van der Waals surface area (Å²) in [5.74, 6) is 1.22. The largest absolute Gasteiger partial charge is 0.365 e. The molecule has 1 aromatic heterocycles. The molecule has 7 heteroatoms. The van der Waals surface area contributed by atoms with Gasteiger partial charge in [-0.2, -0.15) is 0 Å². The summed E-state index contributed by atoms with van der Waals surface area (Å²) in [7, 11) is 0. The van der Waals surface area contributed by atoms with Crippen molar-refractivity contribution in [2.24, 2.45) is 0 Å². The molecule has 1 aliphatic heterocycles. The van der Waals surface area contributed by atoms with Crippen molar-refractivity contribution in [3.8, 4) is 0 Å². The van der Waals surface area contributed by atoms with Gasteiger partial charge in [0.1, 0.15) is 0 Å². The van der Waals surface area contributed by atoms with Gasteiger partial charge in [-0.05, 0) is 6.92 Å². The van der Waals surface area contributed by atoms with Crippen LogP contribution in [0.25, 0.3) is 0 Å². The monoisotopic (exact) mass is 224 g/mol. The van der Waals surface area contributed by atoms with Crippen molar-refractivity contribution in [1.82, 2.24) is 15.4 Å². The molecule has 0 bridgehead atoms. The number of nitrogens with one attached hydrogen (secondary N) is 1. The first-order chi connectivity index (χ1) is 7.65. The third kappa shape index (κ3) is 2.30. The van der Waals surface area contributed by atoms with Gasteiger partial charge in [0.05, 0.1) is 17.2 Å². The molecule has 0 atom stereocenters. The highest BCUT2D eigenvalue weighted by molar-refractivity contribution is 5.07. The SMILES string of the molecule is Cc1cc(CN2CCNC2=C[N+](=O)[O-])on1. The molecule has 0 radical (unpaired) electrons. The molecule has 0 spiro atoms. The van der Waals surface area contributed by atoms with Gasteiger partial charge in [-0.1, -0.05) is 5.16 Å². The molecule has 86 valence electrons. The average molecular weight is 224 g/mol. The fraction of sp³-hybridized carbons (Fsp3) is 0.444. The van der Waals surface area contributed by atoms with E-state index in [1.807, 2.05) is 17.9 Å². The van der Waals surface area contributed by atoms with Gasteiger partial charge in [0, 0.05) is 19.2 Å². The van der Waals surface area contributed by atoms with E-state index in [9.17, 15) is 10.1 Å². The maximum atomic E-state index is 10.4. The number of aryl methyl sites for hydroxylation is 1. The van der Waals surface area contributed by atoms with Gasteiger partial charge < -0.3 is 14.7 Å². The van der Waals surface area contributed by atoms with Crippen LogP contribution in [0.5, 0.6) is 0 Å². The van der Waals surface area contributed by atoms with Crippen LogP contribution in [0, 0.1) is 17.0 Å². The maximum Gasteiger partial charge on any atom is 0.274 e. The molecule has 0 amide bonds. The standard InChI is InChI=1S/C9H12N4O3/c1-7-4-8(16-11-7)5-12-3-2-10-9(12)6-13(14)15/h4,6,10H,2-3,5H2,1H3. The van der Waals surface area contributed by atoms with Crippen molar-refractivity contribution in [3.05, 3.63) is 39.7 Å². The lowest BCUT2D eigenvalue weighted by molar-refractivity contribution is -0.404. The number of nitro groups is 1. The van der Waals surface area contributed by atoms with E-state index in [1.54, 1.807) is 0 Å². The van der Waals surface area contributed by atoms with Crippen molar-refractivity contribution in [2.75, 3.05) is 13.1 Å². The highest BCUT2D eigenvalue weighted by atomic mass is 16.6. The summed E-state index contributed by atoms with van der Waals surface area (Å²) in [6.45, 7) is 3.75. The van der Waals surface area contributed by atoms with Crippen molar-refractivity contribution >= 4 is 0 Å². The molecule has 1 aliphatic rings. The molecule has 2 heterocycles. The minimum Gasteiger partial charge on any atom is -0.365 e. The fourth-order valence-corrected chi connectivity index (χ4v) is 1.62. The second-order valence-corrected chi connectivity index (χ2v) is 3.58. The third-order valence-corrected chi connectivity index (χ3v) is 2.28. The summed E-state index contributed by atoms with van der Waals surface area (Å²) in [4.78, 5) is 11.8. The first-order valence-electron chi connectivity index (χ1n) is 4.91. The van der Waals surface area contributed by atoms with Gasteiger partial charge in [-0.3, -0.25) is 10.1 Å². The maximum absolute atomic E-state index is 10.4. The predicted molar refractivity (Wildman–Crippen MR) is 54.7 cm³/mol. The Morgan fingerprint density at radius 3 is 3.25 bits per heavy atom. The Labute approximate surface area is 91.9 Å². The summed E-state index contributed by atoms with van der Waals surface area (Å²) >= 11 is 0. The molecular formula is C9H12N4O3. The van der Waals surface area contributed by atoms with E-state index >= 15 is 0 Å². The van der Waals surface area contributed by atoms with E-state index in [2.05, 4.69) is 10.5 Å². The van der Waals surface area contributed by atoms with Crippen LogP contribution in [0.15, 0.2) is 22.6 Å². The summed E-state index contributed by atoms with van der Waals surface area (Å²) in [5.41, 5.74) is 0.807. The number of hydrogen-bond donors (Lipinski definition) is 1. The quantitative estimate of drug-likeness (QED) is 0.593. The van der Waals surface area contributed by atoms with E-state index < -0.39 is 4.92 Å². The van der Waals surface area contributed by atoms with Crippen molar-refractivity contribution in [3.63, 3.8) is 0 Å². The Morgan fingerprint density at radius 1 is 1.81 bits per heavy atom. The van der Waals surface area contributed by atoms with E-state index in [4.69, 9.17) is 4.52 Å². The molecule has 16 heavy (non-hydrogen) atoms. The molecule has 0 aliphatic carbocycles. The Kier molecular flexibility index (Phi) is 2.76. The van der Waals surface area contributed by atoms with Crippen LogP contribution in [0.4, 0.5) is 0 Å². The molecule has 2 rings (SSSR count). The number of rotatable bonds is 3. The van der Waals surface area contributed by atoms with E-state index in [0.717, 1.165) is 18.4 Å². The van der Waals surface area contributed by atoms with Gasteiger partial charge >= 0.3 is 0 Å². The minimum atomic E-state index is -0.466. The van der Waals surface area contributed by atoms with Crippen LogP contribution in [0.2, 0.25) is 0 Å². The summed E-state index contributed by atoms with van der Waals surface area (Å²) in [5, 5.41) is 17.1. The van der Waals surface area contributed by atoms with Crippen molar-refractivity contribution < 1.29 is 9.45 Å². The Hall–Kier alpha value is -2.05. The zero-order chi connectivity index (χ0) is 11.5. The summed E-state index contributed by atoms with van der Waals surface area (Å²) < 4.78 is 5.06. The molecular weight excluding hydrogens is 212 g/mol. The third-order valence-electron chi connectivity index (χ3n) is 2.28. The Balaban J connectivity index is 2.06. The molecule has 7 nitrogen and oxygen atoms in total. The fourth-order valence-electron chi connectivity index (χ4n) is 1.62. The average Bonchev–Trinajstić information content (AvgIpc) is 2.77. The van der Waals surface area contributed by atoms with E-state index in [1.165, 1.54) is 0 Å². The predicted octanol–water partition coefficient (Wildman–Crippen LogP) is 0.464. The topological polar surface area (TPSA) is 84.4 Å². The van der Waals surface area contributed by atoms with Gasteiger partial charge in [-0.15, -0.1) is 0 Å². The second-order valence-electron chi connectivity index (χ2n) is 3.58. The zero-order valence-corrected chi connectivity index (χ0v) is 8.84. The molecule has 1 N–H and O–H groups in total. The lowest BCUT2D eigenvalue weighted by atomic mass is 10.3. The van der Waals surface area contributed by atoms with Crippen LogP contribution >= 0.6 is 0 Å². The number of hydrogen-bond acceptors (Lipinski definition) is 6. The zero-order valence-electron chi connectivity index (χ0n) is 8.84. The van der Waals surface area contributed by atoms with Gasteiger partial charge in [-0.25, -0.2) is 0 Å². The summed E-state index contributed by atoms with van der Waals surface area (Å²) in [6, 6.07) is 1.82. The first kappa shape index (κ1) is 10.5. The highest BCUT2D eigenvalue weighted by Crippen LogP contribution is 2.13. The van der Waals surface area contributed by atoms with Crippen LogP contribution in [-0.2, 0) is 6.54 Å². The van der Waals surface area contributed by atoms with E-state index in [-0.39, 0.29) is 0 Å². The Morgan fingerprint density at radius 2 is 2.62 bits per heavy atom. The van der Waals surface area contributed by atoms with Crippen LogP contribution < -0.4 is 5.32 Å². The normalized spacial score (nSPS) is 17.8. The first-order valence-corrected chi connectivity index (χ1v) is 4.91. The molecule has 0 aromatic carbocycles. The highest BCUT2D eigenvalue weighted by Gasteiger charge is 2.20. The number of nitrogens with zero attached hydrogens (tertiary/aromatic N) is 3. The lowest BCUT2D eigenvalue weighted by Crippen LogP contribution is -2.20. The van der Waals surface area contributed by atoms with Gasteiger partial charge in [0.25, 0.3) is 6.20 Å². The molecule has 1 aromatic rings. The summed E-state index contributed by atoms with van der Waals surface area (Å²) in [6.07, 6.45) is 0.968. The minimum absolute atomic E-state index is 0.466. The van der Waals surface area contributed by atoms with E-state index in [0.29, 0.717) is 24.7 Å². The molecule has 0 saturated carbocycles. The van der Waals surface area contributed by atoms with Gasteiger partial charge in [0.2, 0.25) is 0 Å². The molecule has 0 unspecified atom stereocenters. The molecule has 1 saturated heterocycles. The molecule has 1 fully saturated rings.